The Labute approximate surface area is 154 Å². The molecule has 1 fully saturated rings. The van der Waals surface area contributed by atoms with Gasteiger partial charge < -0.3 is 10.2 Å². The number of carbonyl (C=O) groups excluding carboxylic acids is 2. The highest BCUT2D eigenvalue weighted by atomic mass is 16.2. The van der Waals surface area contributed by atoms with Gasteiger partial charge in [0.2, 0.25) is 11.8 Å². The summed E-state index contributed by atoms with van der Waals surface area (Å²) in [5.41, 5.74) is 3.84. The van der Waals surface area contributed by atoms with Crippen LogP contribution in [-0.4, -0.2) is 40.8 Å². The number of hydrogen-bond acceptors (Lipinski definition) is 3. The first-order valence-electron chi connectivity index (χ1n) is 9.40. The van der Waals surface area contributed by atoms with E-state index in [0.717, 1.165) is 53.7 Å². The molecule has 1 N–H and O–H groups in total. The van der Waals surface area contributed by atoms with Crippen LogP contribution in [0.15, 0.2) is 24.3 Å². The number of rotatable bonds is 4. The molecule has 1 atom stereocenters. The van der Waals surface area contributed by atoms with Gasteiger partial charge in [-0.2, -0.15) is 0 Å². The summed E-state index contributed by atoms with van der Waals surface area (Å²) < 4.78 is 0. The molecule has 1 saturated heterocycles. The van der Waals surface area contributed by atoms with Gasteiger partial charge in [0.15, 0.2) is 0 Å². The molecule has 5 heteroatoms. The summed E-state index contributed by atoms with van der Waals surface area (Å²) in [5.74, 6) is -0.116. The molecule has 0 bridgehead atoms. The SMILES string of the molecule is Cc1nc2ccccc2c(C)c1CC(=O)N[C@@H](C)C(=O)N1CCCCC1. The van der Waals surface area contributed by atoms with Crippen molar-refractivity contribution < 1.29 is 9.59 Å². The molecule has 5 nitrogen and oxygen atoms in total. The van der Waals surface area contributed by atoms with E-state index >= 15 is 0 Å². The molecule has 0 unspecified atom stereocenters. The summed E-state index contributed by atoms with van der Waals surface area (Å²) in [7, 11) is 0. The van der Waals surface area contributed by atoms with Gasteiger partial charge in [-0.05, 0) is 57.2 Å². The van der Waals surface area contributed by atoms with Crippen molar-refractivity contribution in [3.63, 3.8) is 0 Å². The number of amides is 2. The molecule has 0 saturated carbocycles. The second kappa shape index (κ2) is 7.85. The van der Waals surface area contributed by atoms with Gasteiger partial charge in [0.1, 0.15) is 6.04 Å². The van der Waals surface area contributed by atoms with E-state index in [1.54, 1.807) is 6.92 Å². The van der Waals surface area contributed by atoms with Gasteiger partial charge in [0, 0.05) is 24.2 Å². The molecule has 3 rings (SSSR count). The van der Waals surface area contributed by atoms with Crippen molar-refractivity contribution in [2.24, 2.45) is 0 Å². The van der Waals surface area contributed by atoms with Crippen LogP contribution in [0.4, 0.5) is 0 Å². The van der Waals surface area contributed by atoms with E-state index < -0.39 is 6.04 Å². The summed E-state index contributed by atoms with van der Waals surface area (Å²) >= 11 is 0. The first kappa shape index (κ1) is 18.4. The molecule has 0 radical (unpaired) electrons. The van der Waals surface area contributed by atoms with Crippen LogP contribution in [0.2, 0.25) is 0 Å². The number of fused-ring (bicyclic) bond motifs is 1. The van der Waals surface area contributed by atoms with Gasteiger partial charge >= 0.3 is 0 Å². The first-order chi connectivity index (χ1) is 12.5. The maximum atomic E-state index is 12.5. The quantitative estimate of drug-likeness (QED) is 0.919. The molecule has 2 amide bonds. The molecule has 138 valence electrons. The second-order valence-corrected chi connectivity index (χ2v) is 7.17. The van der Waals surface area contributed by atoms with Gasteiger partial charge in [-0.25, -0.2) is 0 Å². The highest BCUT2D eigenvalue weighted by Gasteiger charge is 2.24. The Morgan fingerprint density at radius 2 is 1.85 bits per heavy atom. The average molecular weight is 353 g/mol. The maximum Gasteiger partial charge on any atom is 0.244 e. The van der Waals surface area contributed by atoms with Gasteiger partial charge in [0.05, 0.1) is 11.9 Å². The Morgan fingerprint density at radius 1 is 1.15 bits per heavy atom. The van der Waals surface area contributed by atoms with E-state index in [1.807, 2.05) is 43.0 Å². The van der Waals surface area contributed by atoms with E-state index in [4.69, 9.17) is 0 Å². The Morgan fingerprint density at radius 3 is 2.58 bits per heavy atom. The number of nitrogens with one attached hydrogen (secondary N) is 1. The predicted octanol–water partition coefficient (Wildman–Crippen LogP) is 2.91. The number of hydrogen-bond donors (Lipinski definition) is 1. The second-order valence-electron chi connectivity index (χ2n) is 7.17. The summed E-state index contributed by atoms with van der Waals surface area (Å²) in [5, 5.41) is 3.94. The Hall–Kier alpha value is -2.43. The largest absolute Gasteiger partial charge is 0.344 e. The van der Waals surface area contributed by atoms with E-state index in [-0.39, 0.29) is 18.2 Å². The third kappa shape index (κ3) is 3.87. The summed E-state index contributed by atoms with van der Waals surface area (Å²) in [6.45, 7) is 7.33. The molecule has 1 aromatic carbocycles. The third-order valence-electron chi connectivity index (χ3n) is 5.24. The zero-order valence-electron chi connectivity index (χ0n) is 15.8. The van der Waals surface area contributed by atoms with Crippen molar-refractivity contribution in [2.45, 2.75) is 52.5 Å². The first-order valence-corrected chi connectivity index (χ1v) is 9.40. The number of aromatic nitrogens is 1. The third-order valence-corrected chi connectivity index (χ3v) is 5.24. The van der Waals surface area contributed by atoms with E-state index in [9.17, 15) is 9.59 Å². The molecule has 2 heterocycles. The number of aryl methyl sites for hydroxylation is 2. The topological polar surface area (TPSA) is 62.3 Å². The maximum absolute atomic E-state index is 12.5. The lowest BCUT2D eigenvalue weighted by Crippen LogP contribution is -2.48. The number of carbonyl (C=O) groups is 2. The van der Waals surface area contributed by atoms with Crippen LogP contribution in [0.1, 0.15) is 43.0 Å². The molecule has 0 aliphatic carbocycles. The fraction of sp³-hybridized carbons (Fsp3) is 0.476. The summed E-state index contributed by atoms with van der Waals surface area (Å²) in [6.07, 6.45) is 3.52. The predicted molar refractivity (Wildman–Crippen MR) is 103 cm³/mol. The Balaban J connectivity index is 1.70. The van der Waals surface area contributed by atoms with Crippen molar-refractivity contribution in [1.82, 2.24) is 15.2 Å². The fourth-order valence-electron chi connectivity index (χ4n) is 3.73. The van der Waals surface area contributed by atoms with Gasteiger partial charge in [-0.3, -0.25) is 14.6 Å². The molecule has 2 aromatic rings. The lowest BCUT2D eigenvalue weighted by molar-refractivity contribution is -0.136. The summed E-state index contributed by atoms with van der Waals surface area (Å²) in [6, 6.07) is 7.47. The number of pyridine rings is 1. The van der Waals surface area contributed by atoms with Crippen molar-refractivity contribution in [3.05, 3.63) is 41.1 Å². The minimum atomic E-state index is -0.491. The highest BCUT2D eigenvalue weighted by molar-refractivity contribution is 5.90. The Bertz CT molecular complexity index is 825. The van der Waals surface area contributed by atoms with Crippen molar-refractivity contribution in [1.29, 1.82) is 0 Å². The van der Waals surface area contributed by atoms with E-state index in [0.29, 0.717) is 0 Å². The number of likely N-dealkylation sites (tertiary alicyclic amines) is 1. The number of nitrogens with zero attached hydrogens (tertiary/aromatic N) is 2. The number of benzene rings is 1. The summed E-state index contributed by atoms with van der Waals surface area (Å²) in [4.78, 5) is 31.5. The van der Waals surface area contributed by atoms with Gasteiger partial charge in [-0.1, -0.05) is 18.2 Å². The van der Waals surface area contributed by atoms with Crippen LogP contribution < -0.4 is 5.32 Å². The normalized spacial score (nSPS) is 15.7. The fourth-order valence-corrected chi connectivity index (χ4v) is 3.73. The number of piperidine rings is 1. The smallest absolute Gasteiger partial charge is 0.244 e. The zero-order valence-corrected chi connectivity index (χ0v) is 15.8. The average Bonchev–Trinajstić information content (AvgIpc) is 2.65. The van der Waals surface area contributed by atoms with E-state index in [2.05, 4.69) is 10.3 Å². The minimum Gasteiger partial charge on any atom is -0.344 e. The van der Waals surface area contributed by atoms with Crippen molar-refractivity contribution >= 4 is 22.7 Å². The number of para-hydroxylation sites is 1. The van der Waals surface area contributed by atoms with Gasteiger partial charge in [-0.15, -0.1) is 0 Å². The van der Waals surface area contributed by atoms with E-state index in [1.165, 1.54) is 6.42 Å². The molecule has 26 heavy (non-hydrogen) atoms. The van der Waals surface area contributed by atoms with Crippen molar-refractivity contribution in [3.8, 4) is 0 Å². The molecular formula is C21H27N3O2. The monoisotopic (exact) mass is 353 g/mol. The van der Waals surface area contributed by atoms with Crippen LogP contribution in [0.5, 0.6) is 0 Å². The minimum absolute atomic E-state index is 0.0168. The Kier molecular flexibility index (Phi) is 5.55. The van der Waals surface area contributed by atoms with Crippen LogP contribution in [0.3, 0.4) is 0 Å². The van der Waals surface area contributed by atoms with Crippen LogP contribution in [0, 0.1) is 13.8 Å². The zero-order chi connectivity index (χ0) is 18.7. The lowest BCUT2D eigenvalue weighted by Gasteiger charge is -2.29. The molecule has 1 aromatic heterocycles. The van der Waals surface area contributed by atoms with Crippen LogP contribution >= 0.6 is 0 Å². The van der Waals surface area contributed by atoms with Crippen LogP contribution in [0.25, 0.3) is 10.9 Å². The van der Waals surface area contributed by atoms with Crippen LogP contribution in [-0.2, 0) is 16.0 Å². The highest BCUT2D eigenvalue weighted by Crippen LogP contribution is 2.23. The standard InChI is InChI=1S/C21H27N3O2/c1-14-17-9-5-6-10-19(17)22-15(2)18(14)13-20(25)23-16(3)21(26)24-11-7-4-8-12-24/h5-6,9-10,16H,4,7-8,11-13H2,1-3H3,(H,23,25)/t16-/m0/s1. The molecular weight excluding hydrogens is 326 g/mol. The lowest BCUT2D eigenvalue weighted by atomic mass is 9.99. The van der Waals surface area contributed by atoms with Crippen molar-refractivity contribution in [2.75, 3.05) is 13.1 Å². The van der Waals surface area contributed by atoms with Gasteiger partial charge in [0.25, 0.3) is 0 Å². The molecule has 0 spiro atoms. The molecule has 1 aliphatic heterocycles. The molecule has 1 aliphatic rings.